The Morgan fingerprint density at radius 3 is 2.53 bits per heavy atom. The Balaban J connectivity index is 2.10. The quantitative estimate of drug-likeness (QED) is 0.771. The summed E-state index contributed by atoms with van der Waals surface area (Å²) in [5.41, 5.74) is 6.90. The van der Waals surface area contributed by atoms with Gasteiger partial charge in [-0.25, -0.2) is 0 Å². The molecule has 1 heterocycles. The van der Waals surface area contributed by atoms with Gasteiger partial charge in [-0.3, -0.25) is 4.90 Å². The lowest BCUT2D eigenvalue weighted by Gasteiger charge is -2.36. The van der Waals surface area contributed by atoms with E-state index >= 15 is 0 Å². The molecule has 0 unspecified atom stereocenters. The van der Waals surface area contributed by atoms with Crippen molar-refractivity contribution in [3.8, 4) is 0 Å². The molecule has 0 aromatic heterocycles. The minimum atomic E-state index is 0.432. The molecule has 2 nitrogen and oxygen atoms in total. The Morgan fingerprint density at radius 1 is 1.40 bits per heavy atom. The number of hydrogen-bond donors (Lipinski definition) is 1. The molecule has 2 rings (SSSR count). The molecule has 2 N–H and O–H groups in total. The van der Waals surface area contributed by atoms with Crippen LogP contribution in [0, 0.1) is 11.3 Å². The molecule has 88 valence electrons. The lowest BCUT2D eigenvalue weighted by molar-refractivity contribution is 0.128. The van der Waals surface area contributed by atoms with Crippen molar-refractivity contribution in [2.45, 2.75) is 58.5 Å². The molecule has 1 aliphatic carbocycles. The van der Waals surface area contributed by atoms with E-state index in [0.717, 1.165) is 5.92 Å². The van der Waals surface area contributed by atoms with E-state index in [-0.39, 0.29) is 0 Å². The van der Waals surface area contributed by atoms with Crippen LogP contribution in [0.5, 0.6) is 0 Å². The molecule has 1 aliphatic heterocycles. The summed E-state index contributed by atoms with van der Waals surface area (Å²) in [6.07, 6.45) is 5.28. The number of likely N-dealkylation sites (tertiary alicyclic amines) is 1. The molecule has 2 heteroatoms. The molecule has 0 bridgehead atoms. The van der Waals surface area contributed by atoms with Gasteiger partial charge >= 0.3 is 0 Å². The van der Waals surface area contributed by atoms with E-state index in [4.69, 9.17) is 5.73 Å². The zero-order valence-corrected chi connectivity index (χ0v) is 10.5. The van der Waals surface area contributed by atoms with Crippen LogP contribution in [0.3, 0.4) is 0 Å². The highest BCUT2D eigenvalue weighted by molar-refractivity contribution is 5.10. The van der Waals surface area contributed by atoms with Gasteiger partial charge in [-0.1, -0.05) is 20.8 Å². The summed E-state index contributed by atoms with van der Waals surface area (Å²) in [5.74, 6) is 0.797. The first-order valence-corrected chi connectivity index (χ1v) is 6.61. The minimum Gasteiger partial charge on any atom is -0.326 e. The number of rotatable bonds is 4. The minimum absolute atomic E-state index is 0.432. The zero-order valence-electron chi connectivity index (χ0n) is 10.5. The molecular formula is C13H26N2. The fraction of sp³-hybridized carbons (Fsp3) is 1.00. The maximum Gasteiger partial charge on any atom is 0.0306 e. The molecule has 1 saturated carbocycles. The Hall–Kier alpha value is -0.0800. The third-order valence-corrected chi connectivity index (χ3v) is 4.63. The van der Waals surface area contributed by atoms with Crippen LogP contribution in [0.15, 0.2) is 0 Å². The van der Waals surface area contributed by atoms with E-state index < -0.39 is 0 Å². The van der Waals surface area contributed by atoms with Crippen LogP contribution in [0.25, 0.3) is 0 Å². The molecule has 2 fully saturated rings. The first-order valence-electron chi connectivity index (χ1n) is 6.61. The van der Waals surface area contributed by atoms with E-state index in [1.165, 1.54) is 38.8 Å². The Morgan fingerprint density at radius 2 is 2.07 bits per heavy atom. The maximum atomic E-state index is 6.32. The molecule has 0 aromatic rings. The predicted molar refractivity (Wildman–Crippen MR) is 64.7 cm³/mol. The Labute approximate surface area is 94.2 Å². The highest BCUT2D eigenvalue weighted by atomic mass is 15.2. The number of nitrogens with two attached hydrogens (primary N) is 1. The van der Waals surface area contributed by atoms with Crippen molar-refractivity contribution in [1.29, 1.82) is 0 Å². The molecular weight excluding hydrogens is 184 g/mol. The van der Waals surface area contributed by atoms with E-state index in [1.54, 1.807) is 0 Å². The van der Waals surface area contributed by atoms with Crippen LogP contribution < -0.4 is 5.73 Å². The normalized spacial score (nSPS) is 35.0. The van der Waals surface area contributed by atoms with Crippen molar-refractivity contribution < 1.29 is 0 Å². The summed E-state index contributed by atoms with van der Waals surface area (Å²) in [6, 6.07) is 1.11. The highest BCUT2D eigenvalue weighted by Crippen LogP contribution is 2.57. The average Bonchev–Trinajstić information content (AvgIpc) is 2.90. The Bertz CT molecular complexity index is 219. The molecule has 1 saturated heterocycles. The van der Waals surface area contributed by atoms with Gasteiger partial charge in [0.1, 0.15) is 0 Å². The van der Waals surface area contributed by atoms with Crippen molar-refractivity contribution >= 4 is 0 Å². The second-order valence-corrected chi connectivity index (χ2v) is 5.82. The summed E-state index contributed by atoms with van der Waals surface area (Å²) in [6.45, 7) is 9.50. The van der Waals surface area contributed by atoms with Crippen LogP contribution in [-0.4, -0.2) is 30.1 Å². The van der Waals surface area contributed by atoms with E-state index in [0.29, 0.717) is 17.5 Å². The number of hydrogen-bond acceptors (Lipinski definition) is 2. The molecule has 2 aliphatic rings. The summed E-state index contributed by atoms with van der Waals surface area (Å²) in [4.78, 5) is 2.66. The molecule has 0 spiro atoms. The van der Waals surface area contributed by atoms with Crippen molar-refractivity contribution in [2.75, 3.05) is 13.1 Å². The summed E-state index contributed by atoms with van der Waals surface area (Å²) in [5, 5.41) is 0. The van der Waals surface area contributed by atoms with Gasteiger partial charge in [0.05, 0.1) is 0 Å². The lowest BCUT2D eigenvalue weighted by Crippen LogP contribution is -2.48. The van der Waals surface area contributed by atoms with Gasteiger partial charge in [0.25, 0.3) is 0 Å². The van der Waals surface area contributed by atoms with Crippen molar-refractivity contribution in [3.05, 3.63) is 0 Å². The van der Waals surface area contributed by atoms with Crippen LogP contribution in [-0.2, 0) is 0 Å². The summed E-state index contributed by atoms with van der Waals surface area (Å²) >= 11 is 0. The molecule has 0 aromatic carbocycles. The fourth-order valence-corrected chi connectivity index (χ4v) is 3.57. The maximum absolute atomic E-state index is 6.32. The summed E-state index contributed by atoms with van der Waals surface area (Å²) < 4.78 is 0. The SMILES string of the molecule is CCCN1CC[C@H](N)[C@H]1C1(C(C)C)CC1. The molecule has 0 amide bonds. The smallest absolute Gasteiger partial charge is 0.0306 e. The van der Waals surface area contributed by atoms with E-state index in [9.17, 15) is 0 Å². The van der Waals surface area contributed by atoms with Gasteiger partial charge in [0.15, 0.2) is 0 Å². The molecule has 15 heavy (non-hydrogen) atoms. The van der Waals surface area contributed by atoms with Gasteiger partial charge < -0.3 is 5.73 Å². The first kappa shape index (κ1) is 11.4. The third kappa shape index (κ3) is 1.83. The number of nitrogens with zero attached hydrogens (tertiary/aromatic N) is 1. The van der Waals surface area contributed by atoms with Crippen LogP contribution in [0.1, 0.15) is 46.5 Å². The van der Waals surface area contributed by atoms with E-state index in [2.05, 4.69) is 25.7 Å². The van der Waals surface area contributed by atoms with Crippen LogP contribution in [0.4, 0.5) is 0 Å². The van der Waals surface area contributed by atoms with Crippen LogP contribution >= 0.6 is 0 Å². The van der Waals surface area contributed by atoms with Crippen LogP contribution in [0.2, 0.25) is 0 Å². The second-order valence-electron chi connectivity index (χ2n) is 5.82. The van der Waals surface area contributed by atoms with Crippen molar-refractivity contribution in [3.63, 3.8) is 0 Å². The van der Waals surface area contributed by atoms with Gasteiger partial charge in [-0.2, -0.15) is 0 Å². The molecule has 2 atom stereocenters. The van der Waals surface area contributed by atoms with Gasteiger partial charge in [-0.05, 0) is 43.6 Å². The Kier molecular flexibility index (Phi) is 3.09. The third-order valence-electron chi connectivity index (χ3n) is 4.63. The standard InChI is InChI=1S/C13H26N2/c1-4-8-15-9-5-11(14)12(15)13(6-7-13)10(2)3/h10-12H,4-9,14H2,1-3H3/t11-,12-/m0/s1. The predicted octanol–water partition coefficient (Wildman–Crippen LogP) is 2.23. The lowest BCUT2D eigenvalue weighted by atomic mass is 9.81. The monoisotopic (exact) mass is 210 g/mol. The van der Waals surface area contributed by atoms with Gasteiger partial charge in [-0.15, -0.1) is 0 Å². The zero-order chi connectivity index (χ0) is 11.1. The second kappa shape index (κ2) is 4.06. The first-order chi connectivity index (χ1) is 7.12. The van der Waals surface area contributed by atoms with Crippen molar-refractivity contribution in [1.82, 2.24) is 4.90 Å². The molecule has 0 radical (unpaired) electrons. The fourth-order valence-electron chi connectivity index (χ4n) is 3.57. The highest BCUT2D eigenvalue weighted by Gasteiger charge is 2.56. The largest absolute Gasteiger partial charge is 0.326 e. The van der Waals surface area contributed by atoms with Crippen molar-refractivity contribution in [2.24, 2.45) is 17.1 Å². The van der Waals surface area contributed by atoms with Gasteiger partial charge in [0.2, 0.25) is 0 Å². The average molecular weight is 210 g/mol. The van der Waals surface area contributed by atoms with Gasteiger partial charge in [0, 0.05) is 18.6 Å². The summed E-state index contributed by atoms with van der Waals surface area (Å²) in [7, 11) is 0. The topological polar surface area (TPSA) is 29.3 Å². The van der Waals surface area contributed by atoms with E-state index in [1.807, 2.05) is 0 Å².